The summed E-state index contributed by atoms with van der Waals surface area (Å²) in [4.78, 5) is 19.4. The summed E-state index contributed by atoms with van der Waals surface area (Å²) in [6, 6.07) is 1.98. The van der Waals surface area contributed by atoms with Crippen molar-refractivity contribution in [3.63, 3.8) is 0 Å². The molecule has 0 aliphatic carbocycles. The number of rotatable bonds is 4. The summed E-state index contributed by atoms with van der Waals surface area (Å²) in [6.45, 7) is 5.24. The highest BCUT2D eigenvalue weighted by molar-refractivity contribution is 5.73. The molecule has 0 radical (unpaired) electrons. The van der Waals surface area contributed by atoms with Crippen molar-refractivity contribution in [3.8, 4) is 5.88 Å². The van der Waals surface area contributed by atoms with E-state index in [9.17, 15) is 13.2 Å². The highest BCUT2D eigenvalue weighted by atomic mass is 19.4. The number of likely N-dealkylation sites (tertiary alicyclic amines) is 1. The monoisotopic (exact) mass is 430 g/mol. The Hall–Kier alpha value is -2.73. The third-order valence-corrected chi connectivity index (χ3v) is 4.60. The van der Waals surface area contributed by atoms with Gasteiger partial charge >= 0.3 is 12.1 Å². The molecule has 2 aliphatic heterocycles. The maximum Gasteiger partial charge on any atom is 0.490 e. The van der Waals surface area contributed by atoms with Gasteiger partial charge in [0.15, 0.2) is 0 Å². The second-order valence-corrected chi connectivity index (χ2v) is 7.18. The number of aromatic nitrogens is 3. The Labute approximate surface area is 169 Å². The first-order valence-electron chi connectivity index (χ1n) is 9.16. The standard InChI is InChI=1S/C16H20N4O3.C2HF3O2/c1-12-6-13(19-23-12)9-20-10-16(11-20)7-14(2-5-21-16)22-15-8-17-3-4-18-15;3-2(4,5)1(6)7/h3-4,6,8,14H,2,5,7,9-11H2,1H3;(H,6,7). The molecule has 2 aliphatic rings. The van der Waals surface area contributed by atoms with E-state index in [2.05, 4.69) is 20.0 Å². The lowest BCUT2D eigenvalue weighted by atomic mass is 9.84. The topological polar surface area (TPSA) is 111 Å². The summed E-state index contributed by atoms with van der Waals surface area (Å²) in [7, 11) is 0. The first-order valence-corrected chi connectivity index (χ1v) is 9.16. The van der Waals surface area contributed by atoms with Crippen LogP contribution in [0.4, 0.5) is 13.2 Å². The lowest BCUT2D eigenvalue weighted by Crippen LogP contribution is -2.65. The van der Waals surface area contributed by atoms with E-state index >= 15 is 0 Å². The number of halogens is 3. The van der Waals surface area contributed by atoms with Crippen molar-refractivity contribution in [3.05, 3.63) is 36.1 Å². The molecular formula is C18H21F3N4O5. The van der Waals surface area contributed by atoms with Crippen LogP contribution in [0.5, 0.6) is 5.88 Å². The second-order valence-electron chi connectivity index (χ2n) is 7.18. The molecule has 4 heterocycles. The van der Waals surface area contributed by atoms with Crippen LogP contribution in [-0.4, -0.2) is 68.7 Å². The van der Waals surface area contributed by atoms with Gasteiger partial charge in [0.2, 0.25) is 5.88 Å². The molecule has 9 nitrogen and oxygen atoms in total. The Bertz CT molecular complexity index is 840. The predicted molar refractivity (Wildman–Crippen MR) is 94.6 cm³/mol. The normalized spacial score (nSPS) is 20.7. The molecule has 0 bridgehead atoms. The molecule has 1 atom stereocenters. The summed E-state index contributed by atoms with van der Waals surface area (Å²) in [5.74, 6) is -1.32. The molecule has 2 aromatic heterocycles. The largest absolute Gasteiger partial charge is 0.490 e. The lowest BCUT2D eigenvalue weighted by molar-refractivity contribution is -0.192. The summed E-state index contributed by atoms with van der Waals surface area (Å²) in [5, 5.41) is 11.2. The van der Waals surface area contributed by atoms with Gasteiger partial charge in [0.1, 0.15) is 11.9 Å². The number of nitrogens with zero attached hydrogens (tertiary/aromatic N) is 4. The van der Waals surface area contributed by atoms with Gasteiger partial charge in [-0.25, -0.2) is 9.78 Å². The van der Waals surface area contributed by atoms with Crippen LogP contribution in [0.15, 0.2) is 29.2 Å². The van der Waals surface area contributed by atoms with Crippen molar-refractivity contribution in [2.24, 2.45) is 0 Å². The number of carboxylic acid groups (broad SMARTS) is 1. The highest BCUT2D eigenvalue weighted by Gasteiger charge is 2.48. The molecule has 1 spiro atoms. The highest BCUT2D eigenvalue weighted by Crippen LogP contribution is 2.36. The molecule has 0 saturated carbocycles. The molecule has 12 heteroatoms. The van der Waals surface area contributed by atoms with E-state index in [-0.39, 0.29) is 11.7 Å². The van der Waals surface area contributed by atoms with Gasteiger partial charge in [-0.2, -0.15) is 13.2 Å². The zero-order valence-corrected chi connectivity index (χ0v) is 16.1. The van der Waals surface area contributed by atoms with Crippen molar-refractivity contribution >= 4 is 5.97 Å². The number of carbonyl (C=O) groups is 1. The number of aliphatic carboxylic acids is 1. The predicted octanol–water partition coefficient (Wildman–Crippen LogP) is 2.22. The summed E-state index contributed by atoms with van der Waals surface area (Å²) >= 11 is 0. The van der Waals surface area contributed by atoms with E-state index in [1.165, 1.54) is 0 Å². The number of hydrogen-bond donors (Lipinski definition) is 1. The first kappa shape index (κ1) is 22.0. The molecule has 2 aromatic rings. The third kappa shape index (κ3) is 5.89. The Balaban J connectivity index is 0.000000318. The van der Waals surface area contributed by atoms with E-state index in [4.69, 9.17) is 23.9 Å². The third-order valence-electron chi connectivity index (χ3n) is 4.60. The van der Waals surface area contributed by atoms with Gasteiger partial charge in [0, 0.05) is 50.9 Å². The van der Waals surface area contributed by atoms with Gasteiger partial charge in [-0.05, 0) is 6.92 Å². The van der Waals surface area contributed by atoms with Crippen LogP contribution < -0.4 is 4.74 Å². The fourth-order valence-corrected chi connectivity index (χ4v) is 3.42. The molecule has 164 valence electrons. The fourth-order valence-electron chi connectivity index (χ4n) is 3.42. The molecule has 2 saturated heterocycles. The molecule has 0 aromatic carbocycles. The average molecular weight is 430 g/mol. The van der Waals surface area contributed by atoms with Crippen molar-refractivity contribution in [2.45, 2.75) is 44.2 Å². The fraction of sp³-hybridized carbons (Fsp3) is 0.556. The van der Waals surface area contributed by atoms with E-state index in [1.807, 2.05) is 13.0 Å². The van der Waals surface area contributed by atoms with E-state index in [0.29, 0.717) is 5.88 Å². The van der Waals surface area contributed by atoms with Crippen LogP contribution in [0, 0.1) is 6.92 Å². The Morgan fingerprint density at radius 3 is 2.70 bits per heavy atom. The van der Waals surface area contributed by atoms with Crippen molar-refractivity contribution < 1.29 is 37.1 Å². The van der Waals surface area contributed by atoms with Gasteiger partial charge in [0.25, 0.3) is 0 Å². The number of hydrogen-bond acceptors (Lipinski definition) is 8. The minimum absolute atomic E-state index is 0.0933. The van der Waals surface area contributed by atoms with Crippen LogP contribution in [0.3, 0.4) is 0 Å². The first-order chi connectivity index (χ1) is 14.2. The Morgan fingerprint density at radius 1 is 1.40 bits per heavy atom. The number of carboxylic acids is 1. The Morgan fingerprint density at radius 2 is 2.13 bits per heavy atom. The molecule has 1 N–H and O–H groups in total. The van der Waals surface area contributed by atoms with Crippen LogP contribution in [0.1, 0.15) is 24.3 Å². The van der Waals surface area contributed by atoms with Gasteiger partial charge in [0.05, 0.1) is 24.1 Å². The average Bonchev–Trinajstić information content (AvgIpc) is 3.06. The van der Waals surface area contributed by atoms with E-state index in [0.717, 1.165) is 50.5 Å². The molecule has 4 rings (SSSR count). The quantitative estimate of drug-likeness (QED) is 0.780. The summed E-state index contributed by atoms with van der Waals surface area (Å²) < 4.78 is 48.8. The molecule has 30 heavy (non-hydrogen) atoms. The molecule has 1 unspecified atom stereocenters. The maximum absolute atomic E-state index is 10.6. The van der Waals surface area contributed by atoms with Crippen LogP contribution in [0.25, 0.3) is 0 Å². The van der Waals surface area contributed by atoms with Crippen LogP contribution in [0.2, 0.25) is 0 Å². The van der Waals surface area contributed by atoms with Gasteiger partial charge in [-0.1, -0.05) is 5.16 Å². The second kappa shape index (κ2) is 8.96. The van der Waals surface area contributed by atoms with Gasteiger partial charge < -0.3 is 19.1 Å². The number of alkyl halides is 3. The number of aryl methyl sites for hydroxylation is 1. The minimum atomic E-state index is -5.08. The van der Waals surface area contributed by atoms with Crippen molar-refractivity contribution in [2.75, 3.05) is 19.7 Å². The zero-order chi connectivity index (χ0) is 21.8. The number of ether oxygens (including phenoxy) is 2. The van der Waals surface area contributed by atoms with Crippen molar-refractivity contribution in [1.82, 2.24) is 20.0 Å². The molecular weight excluding hydrogens is 409 g/mol. The SMILES string of the molecule is Cc1cc(CN2CC3(CC(Oc4cnccn4)CCO3)C2)no1.O=C(O)C(F)(F)F. The Kier molecular flexibility index (Phi) is 6.56. The zero-order valence-electron chi connectivity index (χ0n) is 16.1. The van der Waals surface area contributed by atoms with Crippen LogP contribution >= 0.6 is 0 Å². The summed E-state index contributed by atoms with van der Waals surface area (Å²) in [6.07, 6.45) is 1.78. The molecule has 0 amide bonds. The van der Waals surface area contributed by atoms with Crippen molar-refractivity contribution in [1.29, 1.82) is 0 Å². The van der Waals surface area contributed by atoms with E-state index < -0.39 is 12.1 Å². The van der Waals surface area contributed by atoms with E-state index in [1.54, 1.807) is 18.6 Å². The summed E-state index contributed by atoms with van der Waals surface area (Å²) in [5.41, 5.74) is 0.879. The van der Waals surface area contributed by atoms with Gasteiger partial charge in [-0.15, -0.1) is 0 Å². The van der Waals surface area contributed by atoms with Gasteiger partial charge in [-0.3, -0.25) is 9.88 Å². The van der Waals surface area contributed by atoms with Crippen LogP contribution in [-0.2, 0) is 16.1 Å². The smallest absolute Gasteiger partial charge is 0.475 e. The molecule has 2 fully saturated rings. The maximum atomic E-state index is 10.6. The minimum Gasteiger partial charge on any atom is -0.475 e. The lowest BCUT2D eigenvalue weighted by Gasteiger charge is -2.52.